The average molecular weight is 349 g/mol. The van der Waals surface area contributed by atoms with Crippen molar-refractivity contribution >= 4 is 11.8 Å². The SMILES string of the molecule is O=C(CCc1cnoc1)NCC1(NC(=O)C2CC3(C2)CC3F)CCC1. The van der Waals surface area contributed by atoms with Gasteiger partial charge in [-0.05, 0) is 44.9 Å². The Labute approximate surface area is 145 Å². The van der Waals surface area contributed by atoms with Gasteiger partial charge >= 0.3 is 0 Å². The van der Waals surface area contributed by atoms with Gasteiger partial charge in [0, 0.05) is 29.9 Å². The summed E-state index contributed by atoms with van der Waals surface area (Å²) in [5.74, 6) is -0.0618. The highest BCUT2D eigenvalue weighted by atomic mass is 19.1. The molecule has 1 atom stereocenters. The van der Waals surface area contributed by atoms with E-state index >= 15 is 0 Å². The molecule has 1 spiro atoms. The van der Waals surface area contributed by atoms with Gasteiger partial charge in [-0.25, -0.2) is 4.39 Å². The minimum Gasteiger partial charge on any atom is -0.364 e. The van der Waals surface area contributed by atoms with E-state index in [4.69, 9.17) is 4.52 Å². The van der Waals surface area contributed by atoms with E-state index in [9.17, 15) is 14.0 Å². The van der Waals surface area contributed by atoms with Crippen LogP contribution >= 0.6 is 0 Å². The van der Waals surface area contributed by atoms with Crippen molar-refractivity contribution in [3.63, 3.8) is 0 Å². The molecule has 25 heavy (non-hydrogen) atoms. The number of amides is 2. The Morgan fingerprint density at radius 1 is 1.32 bits per heavy atom. The minimum atomic E-state index is -0.695. The number of hydrogen-bond acceptors (Lipinski definition) is 4. The first-order chi connectivity index (χ1) is 12.0. The molecule has 2 N–H and O–H groups in total. The summed E-state index contributed by atoms with van der Waals surface area (Å²) >= 11 is 0. The van der Waals surface area contributed by atoms with Crippen LogP contribution in [0, 0.1) is 11.3 Å². The number of carbonyl (C=O) groups is 2. The van der Waals surface area contributed by atoms with Gasteiger partial charge in [0.2, 0.25) is 11.8 Å². The van der Waals surface area contributed by atoms with Crippen molar-refractivity contribution in [1.29, 1.82) is 0 Å². The quantitative estimate of drug-likeness (QED) is 0.787. The number of nitrogens with one attached hydrogen (secondary N) is 2. The van der Waals surface area contributed by atoms with Crippen molar-refractivity contribution < 1.29 is 18.5 Å². The molecule has 2 amide bonds. The van der Waals surface area contributed by atoms with E-state index in [0.717, 1.165) is 24.8 Å². The van der Waals surface area contributed by atoms with Crippen molar-refractivity contribution in [2.75, 3.05) is 6.54 Å². The first kappa shape index (κ1) is 16.5. The van der Waals surface area contributed by atoms with Crippen LogP contribution in [0.3, 0.4) is 0 Å². The van der Waals surface area contributed by atoms with Gasteiger partial charge in [-0.15, -0.1) is 0 Å². The lowest BCUT2D eigenvalue weighted by molar-refractivity contribution is -0.134. The van der Waals surface area contributed by atoms with Crippen LogP contribution in [0.1, 0.15) is 50.5 Å². The Hall–Kier alpha value is -1.92. The fourth-order valence-electron chi connectivity index (χ4n) is 4.10. The smallest absolute Gasteiger partial charge is 0.223 e. The molecule has 0 bridgehead atoms. The van der Waals surface area contributed by atoms with Crippen LogP contribution in [0.4, 0.5) is 4.39 Å². The van der Waals surface area contributed by atoms with E-state index in [1.807, 2.05) is 0 Å². The van der Waals surface area contributed by atoms with Crippen molar-refractivity contribution in [1.82, 2.24) is 15.8 Å². The molecule has 6 nitrogen and oxygen atoms in total. The number of alkyl halides is 1. The fourth-order valence-corrected chi connectivity index (χ4v) is 4.10. The molecule has 7 heteroatoms. The van der Waals surface area contributed by atoms with Gasteiger partial charge in [0.1, 0.15) is 12.4 Å². The predicted molar refractivity (Wildman–Crippen MR) is 87.2 cm³/mol. The molecule has 3 aliphatic rings. The zero-order valence-electron chi connectivity index (χ0n) is 14.2. The summed E-state index contributed by atoms with van der Waals surface area (Å²) in [5, 5.41) is 9.69. The first-order valence-electron chi connectivity index (χ1n) is 9.11. The monoisotopic (exact) mass is 349 g/mol. The molecule has 1 aromatic rings. The molecule has 4 rings (SSSR count). The lowest BCUT2D eigenvalue weighted by atomic mass is 9.70. The van der Waals surface area contributed by atoms with E-state index in [0.29, 0.717) is 38.6 Å². The molecule has 1 heterocycles. The number of halogens is 1. The number of nitrogens with zero attached hydrogens (tertiary/aromatic N) is 1. The van der Waals surface area contributed by atoms with Gasteiger partial charge in [0.25, 0.3) is 0 Å². The van der Waals surface area contributed by atoms with E-state index < -0.39 is 6.17 Å². The van der Waals surface area contributed by atoms with Crippen LogP contribution in [-0.2, 0) is 16.0 Å². The highest BCUT2D eigenvalue weighted by Gasteiger charge is 2.64. The van der Waals surface area contributed by atoms with Crippen LogP contribution < -0.4 is 10.6 Å². The maximum absolute atomic E-state index is 13.3. The van der Waals surface area contributed by atoms with Crippen molar-refractivity contribution in [3.8, 4) is 0 Å². The van der Waals surface area contributed by atoms with Gasteiger partial charge in [-0.1, -0.05) is 5.16 Å². The summed E-state index contributed by atoms with van der Waals surface area (Å²) in [6, 6.07) is 0. The third kappa shape index (κ3) is 3.28. The summed E-state index contributed by atoms with van der Waals surface area (Å²) in [6.45, 7) is 0.463. The third-order valence-electron chi connectivity index (χ3n) is 6.21. The Bertz CT molecular complexity index is 651. The summed E-state index contributed by atoms with van der Waals surface area (Å²) in [7, 11) is 0. The van der Waals surface area contributed by atoms with Crippen molar-refractivity contribution in [2.45, 2.75) is 63.1 Å². The molecule has 0 radical (unpaired) electrons. The molecule has 3 saturated carbocycles. The largest absolute Gasteiger partial charge is 0.364 e. The number of hydrogen-bond donors (Lipinski definition) is 2. The summed E-state index contributed by atoms with van der Waals surface area (Å²) in [5.41, 5.74) is 0.419. The predicted octanol–water partition coefficient (Wildman–Crippen LogP) is 1.90. The minimum absolute atomic E-state index is 0.0307. The normalized spacial score (nSPS) is 31.7. The van der Waals surface area contributed by atoms with Crippen molar-refractivity contribution in [3.05, 3.63) is 18.0 Å². The van der Waals surface area contributed by atoms with Crippen LogP contribution in [0.2, 0.25) is 0 Å². The highest BCUT2D eigenvalue weighted by molar-refractivity contribution is 5.81. The van der Waals surface area contributed by atoms with Crippen LogP contribution in [0.5, 0.6) is 0 Å². The van der Waals surface area contributed by atoms with Crippen LogP contribution in [0.15, 0.2) is 17.0 Å². The molecule has 3 fully saturated rings. The Kier molecular flexibility index (Phi) is 4.04. The zero-order chi connectivity index (χ0) is 17.5. The second-order valence-corrected chi connectivity index (χ2v) is 8.07. The zero-order valence-corrected chi connectivity index (χ0v) is 14.2. The topological polar surface area (TPSA) is 84.2 Å². The van der Waals surface area contributed by atoms with E-state index in [-0.39, 0.29) is 28.7 Å². The van der Waals surface area contributed by atoms with Crippen molar-refractivity contribution in [2.24, 2.45) is 11.3 Å². The maximum atomic E-state index is 13.3. The van der Waals surface area contributed by atoms with E-state index in [1.54, 1.807) is 6.20 Å². The number of aromatic nitrogens is 1. The molecule has 1 unspecified atom stereocenters. The average Bonchev–Trinajstić information content (AvgIpc) is 2.94. The first-order valence-corrected chi connectivity index (χ1v) is 9.11. The van der Waals surface area contributed by atoms with E-state index in [2.05, 4.69) is 15.8 Å². The molecule has 0 aliphatic heterocycles. The Morgan fingerprint density at radius 3 is 2.64 bits per heavy atom. The third-order valence-corrected chi connectivity index (χ3v) is 6.21. The molecule has 0 saturated heterocycles. The van der Waals surface area contributed by atoms with E-state index in [1.165, 1.54) is 6.26 Å². The molecule has 0 aromatic carbocycles. The van der Waals surface area contributed by atoms with Gasteiger partial charge < -0.3 is 15.2 Å². The van der Waals surface area contributed by atoms with Gasteiger partial charge in [0.15, 0.2) is 0 Å². The Balaban J connectivity index is 1.21. The van der Waals surface area contributed by atoms with Crippen LogP contribution in [-0.4, -0.2) is 35.2 Å². The maximum Gasteiger partial charge on any atom is 0.223 e. The van der Waals surface area contributed by atoms with Gasteiger partial charge in [-0.3, -0.25) is 9.59 Å². The lowest BCUT2D eigenvalue weighted by Crippen LogP contribution is -2.61. The Morgan fingerprint density at radius 2 is 2.08 bits per heavy atom. The fraction of sp³-hybridized carbons (Fsp3) is 0.722. The highest BCUT2D eigenvalue weighted by Crippen LogP contribution is 2.64. The summed E-state index contributed by atoms with van der Waals surface area (Å²) < 4.78 is 18.0. The lowest BCUT2D eigenvalue weighted by Gasteiger charge is -2.45. The van der Waals surface area contributed by atoms with Gasteiger partial charge in [-0.2, -0.15) is 0 Å². The standard InChI is InChI=1S/C18H24FN3O3/c19-14-8-17(14)6-13(7-17)16(24)22-18(4-1-5-18)11-20-15(23)3-2-12-9-21-25-10-12/h9-10,13-14H,1-8,11H2,(H,20,23)(H,22,24). The molecule has 3 aliphatic carbocycles. The van der Waals surface area contributed by atoms with Gasteiger partial charge in [0.05, 0.1) is 11.7 Å². The van der Waals surface area contributed by atoms with Crippen LogP contribution in [0.25, 0.3) is 0 Å². The number of carbonyl (C=O) groups excluding carboxylic acids is 2. The second-order valence-electron chi connectivity index (χ2n) is 8.07. The molecule has 1 aromatic heterocycles. The molecule has 136 valence electrons. The second kappa shape index (κ2) is 6.11. The summed E-state index contributed by atoms with van der Waals surface area (Å²) in [6.07, 6.45) is 8.21. The summed E-state index contributed by atoms with van der Waals surface area (Å²) in [4.78, 5) is 24.4. The number of rotatable bonds is 7. The number of aryl methyl sites for hydroxylation is 1. The molecular formula is C18H24FN3O3. The molecular weight excluding hydrogens is 325 g/mol.